The van der Waals surface area contributed by atoms with Crippen LogP contribution in [0.15, 0.2) is 12.2 Å². The first-order chi connectivity index (χ1) is 10.7. The molecule has 0 aliphatic rings. The summed E-state index contributed by atoms with van der Waals surface area (Å²) in [5, 5.41) is 9.72. The Morgan fingerprint density at radius 2 is 1.86 bits per heavy atom. The Morgan fingerprint density at radius 3 is 2.59 bits per heavy atom. The minimum Gasteiger partial charge on any atom is -0.469 e. The second-order valence-electron chi connectivity index (χ2n) is 5.59. The van der Waals surface area contributed by atoms with Crippen LogP contribution in [0.1, 0.15) is 77.6 Å². The number of methoxy groups -OCH3 is 1. The van der Waals surface area contributed by atoms with Crippen molar-refractivity contribution in [1.29, 1.82) is 0 Å². The van der Waals surface area contributed by atoms with Gasteiger partial charge in [0.15, 0.2) is 0 Å². The fourth-order valence-electron chi connectivity index (χ4n) is 2.11. The van der Waals surface area contributed by atoms with E-state index in [0.717, 1.165) is 32.1 Å². The molecule has 0 rings (SSSR count). The normalized spacial score (nSPS) is 12.0. The van der Waals surface area contributed by atoms with Crippen molar-refractivity contribution in [3.05, 3.63) is 12.2 Å². The van der Waals surface area contributed by atoms with E-state index in [0.29, 0.717) is 12.8 Å². The van der Waals surface area contributed by atoms with Gasteiger partial charge < -0.3 is 9.84 Å². The highest BCUT2D eigenvalue weighted by atomic mass is 16.5. The smallest absolute Gasteiger partial charge is 0.305 e. The summed E-state index contributed by atoms with van der Waals surface area (Å²) < 4.78 is 4.58. The number of aliphatic hydroxyl groups excluding tert-OH is 1. The molecule has 1 atom stereocenters. The van der Waals surface area contributed by atoms with Gasteiger partial charge in [-0.15, -0.1) is 0 Å². The van der Waals surface area contributed by atoms with Gasteiger partial charge in [-0.3, -0.25) is 4.79 Å². The summed E-state index contributed by atoms with van der Waals surface area (Å²) in [7, 11) is 1.41. The lowest BCUT2D eigenvalue weighted by Crippen LogP contribution is -2.02. The van der Waals surface area contributed by atoms with Gasteiger partial charge in [0, 0.05) is 6.42 Å². The van der Waals surface area contributed by atoms with E-state index in [1.54, 1.807) is 0 Å². The third-order valence-electron chi connectivity index (χ3n) is 3.51. The molecule has 1 unspecified atom stereocenters. The number of esters is 1. The van der Waals surface area contributed by atoms with E-state index in [9.17, 15) is 9.90 Å². The van der Waals surface area contributed by atoms with Crippen LogP contribution in [0.4, 0.5) is 0 Å². The Kier molecular flexibility index (Phi) is 15.2. The number of carbonyl (C=O) groups excluding carboxylic acids is 1. The van der Waals surface area contributed by atoms with Gasteiger partial charge in [0.2, 0.25) is 0 Å². The van der Waals surface area contributed by atoms with Crippen LogP contribution in [0.5, 0.6) is 0 Å². The molecule has 126 valence electrons. The number of aliphatic hydroxyl groups is 1. The molecule has 0 aliphatic heterocycles. The van der Waals surface area contributed by atoms with Crippen LogP contribution in [0, 0.1) is 11.8 Å². The summed E-state index contributed by atoms with van der Waals surface area (Å²) >= 11 is 0. The van der Waals surface area contributed by atoms with Gasteiger partial charge in [-0.05, 0) is 38.2 Å². The van der Waals surface area contributed by atoms with Crippen molar-refractivity contribution in [3.8, 4) is 11.8 Å². The van der Waals surface area contributed by atoms with Crippen LogP contribution in [0.25, 0.3) is 0 Å². The predicted molar refractivity (Wildman–Crippen MR) is 91.4 cm³/mol. The highest BCUT2D eigenvalue weighted by Crippen LogP contribution is 2.08. The molecule has 0 aliphatic carbocycles. The van der Waals surface area contributed by atoms with E-state index < -0.39 is 6.10 Å². The summed E-state index contributed by atoms with van der Waals surface area (Å²) in [6.07, 6.45) is 14.5. The zero-order chi connectivity index (χ0) is 16.5. The Hall–Kier alpha value is -1.27. The fraction of sp³-hybridized carbons (Fsp3) is 0.737. The molecule has 3 heteroatoms. The quantitative estimate of drug-likeness (QED) is 0.330. The van der Waals surface area contributed by atoms with Gasteiger partial charge in [-0.25, -0.2) is 0 Å². The van der Waals surface area contributed by atoms with Gasteiger partial charge in [0.1, 0.15) is 6.10 Å². The summed E-state index contributed by atoms with van der Waals surface area (Å²) in [5.74, 6) is 5.61. The molecule has 0 saturated carbocycles. The number of ether oxygens (including phenoxy) is 1. The molecule has 0 radical (unpaired) electrons. The highest BCUT2D eigenvalue weighted by molar-refractivity contribution is 5.68. The number of allylic oxidation sites excluding steroid dienone is 2. The second kappa shape index (κ2) is 16.1. The molecule has 0 saturated heterocycles. The first kappa shape index (κ1) is 20.7. The van der Waals surface area contributed by atoms with Gasteiger partial charge in [-0.1, -0.05) is 56.9 Å². The van der Waals surface area contributed by atoms with Crippen LogP contribution in [-0.4, -0.2) is 24.3 Å². The first-order valence-electron chi connectivity index (χ1n) is 8.61. The molecule has 3 nitrogen and oxygen atoms in total. The van der Waals surface area contributed by atoms with E-state index in [1.807, 2.05) is 6.08 Å². The molecule has 0 spiro atoms. The summed E-state index contributed by atoms with van der Waals surface area (Å²) in [6, 6.07) is 0. The van der Waals surface area contributed by atoms with Crippen LogP contribution in [-0.2, 0) is 9.53 Å². The highest BCUT2D eigenvalue weighted by Gasteiger charge is 2.01. The Labute approximate surface area is 136 Å². The van der Waals surface area contributed by atoms with E-state index in [-0.39, 0.29) is 5.97 Å². The monoisotopic (exact) mass is 308 g/mol. The van der Waals surface area contributed by atoms with Crippen molar-refractivity contribution in [1.82, 2.24) is 0 Å². The second-order valence-corrected chi connectivity index (χ2v) is 5.59. The number of carbonyl (C=O) groups is 1. The maximum absolute atomic E-state index is 10.9. The number of rotatable bonds is 12. The van der Waals surface area contributed by atoms with Crippen molar-refractivity contribution < 1.29 is 14.6 Å². The minimum atomic E-state index is -0.537. The van der Waals surface area contributed by atoms with E-state index >= 15 is 0 Å². The lowest BCUT2D eigenvalue weighted by Gasteiger charge is -2.03. The van der Waals surface area contributed by atoms with Gasteiger partial charge in [0.25, 0.3) is 0 Å². The van der Waals surface area contributed by atoms with Crippen molar-refractivity contribution in [2.24, 2.45) is 0 Å². The average Bonchev–Trinajstić information content (AvgIpc) is 2.52. The molecular formula is C19H32O3. The molecule has 0 fully saturated rings. The van der Waals surface area contributed by atoms with Crippen molar-refractivity contribution in [2.75, 3.05) is 7.11 Å². The Balaban J connectivity index is 3.49. The third-order valence-corrected chi connectivity index (χ3v) is 3.51. The molecule has 0 aromatic rings. The molecule has 0 bridgehead atoms. The lowest BCUT2D eigenvalue weighted by atomic mass is 10.1. The van der Waals surface area contributed by atoms with Crippen LogP contribution in [0.2, 0.25) is 0 Å². The topological polar surface area (TPSA) is 46.5 Å². The molecule has 22 heavy (non-hydrogen) atoms. The fourth-order valence-corrected chi connectivity index (χ4v) is 2.11. The zero-order valence-corrected chi connectivity index (χ0v) is 14.3. The van der Waals surface area contributed by atoms with Crippen LogP contribution < -0.4 is 0 Å². The van der Waals surface area contributed by atoms with Crippen molar-refractivity contribution >= 4 is 5.97 Å². The molecule has 0 aromatic carbocycles. The summed E-state index contributed by atoms with van der Waals surface area (Å²) in [4.78, 5) is 10.9. The van der Waals surface area contributed by atoms with E-state index in [1.165, 1.54) is 32.8 Å². The van der Waals surface area contributed by atoms with Gasteiger partial charge in [0.05, 0.1) is 7.11 Å². The summed E-state index contributed by atoms with van der Waals surface area (Å²) in [6.45, 7) is 2.21. The molecular weight excluding hydrogens is 276 g/mol. The Morgan fingerprint density at radius 1 is 1.14 bits per heavy atom. The standard InChI is InChI=1S/C19H32O3/c1-3-4-5-6-7-8-9-12-15-18(20)16-13-10-11-14-17-19(21)22-2/h8-9,18,20H,3-7,10-11,13-14,16-17H2,1-2H3/b9-8+. The summed E-state index contributed by atoms with van der Waals surface area (Å²) in [5.41, 5.74) is 0. The molecule has 1 N–H and O–H groups in total. The third kappa shape index (κ3) is 15.1. The SMILES string of the molecule is CCCCCC/C=C/C#CC(O)CCCCCCC(=O)OC. The largest absolute Gasteiger partial charge is 0.469 e. The minimum absolute atomic E-state index is 0.146. The van der Waals surface area contributed by atoms with E-state index in [4.69, 9.17) is 0 Å². The maximum Gasteiger partial charge on any atom is 0.305 e. The van der Waals surface area contributed by atoms with Crippen molar-refractivity contribution in [2.45, 2.75) is 83.7 Å². The van der Waals surface area contributed by atoms with Gasteiger partial charge >= 0.3 is 5.97 Å². The number of hydrogen-bond acceptors (Lipinski definition) is 3. The predicted octanol–water partition coefficient (Wildman–Crippen LogP) is 4.39. The van der Waals surface area contributed by atoms with Crippen LogP contribution >= 0.6 is 0 Å². The average molecular weight is 308 g/mol. The number of unbranched alkanes of at least 4 members (excludes halogenated alkanes) is 7. The van der Waals surface area contributed by atoms with Crippen LogP contribution in [0.3, 0.4) is 0 Å². The van der Waals surface area contributed by atoms with Gasteiger partial charge in [-0.2, -0.15) is 0 Å². The zero-order valence-electron chi connectivity index (χ0n) is 14.3. The molecule has 0 heterocycles. The molecule has 0 amide bonds. The first-order valence-corrected chi connectivity index (χ1v) is 8.61. The Bertz CT molecular complexity index is 349. The number of hydrogen-bond donors (Lipinski definition) is 1. The van der Waals surface area contributed by atoms with Crippen molar-refractivity contribution in [3.63, 3.8) is 0 Å². The molecule has 0 aromatic heterocycles. The maximum atomic E-state index is 10.9. The lowest BCUT2D eigenvalue weighted by molar-refractivity contribution is -0.140. The van der Waals surface area contributed by atoms with E-state index in [2.05, 4.69) is 29.6 Å².